The first-order chi connectivity index (χ1) is 20.1. The second kappa shape index (κ2) is 12.5. The number of carboxylic acid groups (broad SMARTS) is 1. The Kier molecular flexibility index (Phi) is 8.95. The van der Waals surface area contributed by atoms with Gasteiger partial charge in [0.25, 0.3) is 0 Å². The number of nitrogens with zero attached hydrogens (tertiary/aromatic N) is 4. The zero-order chi connectivity index (χ0) is 30.0. The van der Waals surface area contributed by atoms with Gasteiger partial charge in [-0.1, -0.05) is 12.1 Å². The summed E-state index contributed by atoms with van der Waals surface area (Å²) in [7, 11) is 1.86. The number of carbonyl (C=O) groups excluding carboxylic acids is 1. The highest BCUT2D eigenvalue weighted by molar-refractivity contribution is 7.80. The molecule has 1 aliphatic carbocycles. The number of carboxylic acids is 1. The summed E-state index contributed by atoms with van der Waals surface area (Å²) in [4.78, 5) is 35.8. The molecule has 2 fully saturated rings. The van der Waals surface area contributed by atoms with Gasteiger partial charge in [-0.25, -0.2) is 14.2 Å². The molecule has 3 aliphatic rings. The molecular formula is C30H36FN5O4S2. The van der Waals surface area contributed by atoms with E-state index in [0.29, 0.717) is 79.6 Å². The van der Waals surface area contributed by atoms with Gasteiger partial charge in [0.1, 0.15) is 10.8 Å². The van der Waals surface area contributed by atoms with Crippen molar-refractivity contribution in [1.29, 1.82) is 0 Å². The molecule has 3 heterocycles. The van der Waals surface area contributed by atoms with Crippen LogP contribution in [-0.2, 0) is 14.3 Å². The highest BCUT2D eigenvalue weighted by Crippen LogP contribution is 2.46. The summed E-state index contributed by atoms with van der Waals surface area (Å²) in [5, 5.41) is 16.4. The fourth-order valence-corrected chi connectivity index (χ4v) is 6.52. The van der Waals surface area contributed by atoms with Gasteiger partial charge < -0.3 is 25.0 Å². The average Bonchev–Trinajstić information content (AvgIpc) is 3.55. The van der Waals surface area contributed by atoms with Crippen molar-refractivity contribution < 1.29 is 23.8 Å². The molecule has 1 aromatic carbocycles. The highest BCUT2D eigenvalue weighted by Gasteiger charge is 2.51. The summed E-state index contributed by atoms with van der Waals surface area (Å²) < 4.78 is 20.2. The maximum atomic E-state index is 14.7. The monoisotopic (exact) mass is 613 g/mol. The van der Waals surface area contributed by atoms with Crippen molar-refractivity contribution in [3.63, 3.8) is 0 Å². The van der Waals surface area contributed by atoms with Gasteiger partial charge in [-0.05, 0) is 62.2 Å². The van der Waals surface area contributed by atoms with Crippen molar-refractivity contribution in [2.24, 2.45) is 5.41 Å². The minimum atomic E-state index is -0.759. The summed E-state index contributed by atoms with van der Waals surface area (Å²) in [5.41, 5.74) is 2.46. The quantitative estimate of drug-likeness (QED) is 0.321. The molecule has 5 rings (SSSR count). The molecule has 1 aromatic heterocycles. The van der Waals surface area contributed by atoms with Crippen LogP contribution in [0.5, 0.6) is 0 Å². The first-order valence-electron chi connectivity index (χ1n) is 14.1. The smallest absolute Gasteiger partial charge is 0.336 e. The van der Waals surface area contributed by atoms with E-state index in [0.717, 1.165) is 10.7 Å². The molecule has 2 aromatic rings. The Balaban J connectivity index is 1.37. The van der Waals surface area contributed by atoms with Crippen LogP contribution >= 0.6 is 23.6 Å². The third kappa shape index (κ3) is 6.20. The fourth-order valence-electron chi connectivity index (χ4n) is 5.65. The van der Waals surface area contributed by atoms with Crippen LogP contribution in [0.2, 0.25) is 0 Å². The lowest BCUT2D eigenvalue weighted by molar-refractivity contribution is -0.143. The van der Waals surface area contributed by atoms with Gasteiger partial charge in [0.2, 0.25) is 0 Å². The predicted octanol–water partition coefficient (Wildman–Crippen LogP) is 3.83. The summed E-state index contributed by atoms with van der Waals surface area (Å²) in [6, 6.07) is 4.95. The molecule has 0 unspecified atom stereocenters. The van der Waals surface area contributed by atoms with Crippen LogP contribution in [0.25, 0.3) is 5.70 Å². The minimum Gasteiger partial charge on any atom is -0.481 e. The molecule has 224 valence electrons. The van der Waals surface area contributed by atoms with Gasteiger partial charge in [0.05, 0.1) is 23.3 Å². The van der Waals surface area contributed by atoms with Gasteiger partial charge in [-0.2, -0.15) is 0 Å². The van der Waals surface area contributed by atoms with Crippen LogP contribution < -0.4 is 5.32 Å². The van der Waals surface area contributed by atoms with Crippen LogP contribution in [0.1, 0.15) is 41.8 Å². The molecule has 1 atom stereocenters. The molecule has 0 radical (unpaired) electrons. The van der Waals surface area contributed by atoms with Crippen LogP contribution in [0.3, 0.4) is 0 Å². The predicted molar refractivity (Wildman–Crippen MR) is 163 cm³/mol. The van der Waals surface area contributed by atoms with Gasteiger partial charge in [0.15, 0.2) is 5.11 Å². The van der Waals surface area contributed by atoms with Crippen molar-refractivity contribution in [3.8, 4) is 0 Å². The Labute approximate surface area is 254 Å². The lowest BCUT2D eigenvalue weighted by atomic mass is 9.84. The molecule has 1 saturated heterocycles. The van der Waals surface area contributed by atoms with Crippen molar-refractivity contribution in [3.05, 3.63) is 69.1 Å². The zero-order valence-corrected chi connectivity index (χ0v) is 25.7. The molecule has 0 amide bonds. The number of rotatable bonds is 9. The molecule has 1 saturated carbocycles. The Bertz CT molecular complexity index is 1410. The number of halogens is 1. The fraction of sp³-hybridized carbons (Fsp3) is 0.467. The number of nitrogens with one attached hydrogen (secondary N) is 1. The van der Waals surface area contributed by atoms with E-state index in [1.807, 2.05) is 29.5 Å². The third-order valence-corrected chi connectivity index (χ3v) is 9.63. The lowest BCUT2D eigenvalue weighted by Crippen LogP contribution is -2.53. The van der Waals surface area contributed by atoms with Gasteiger partial charge in [0, 0.05) is 69.5 Å². The first-order valence-corrected chi connectivity index (χ1v) is 15.4. The molecular weight excluding hydrogens is 577 g/mol. The Morgan fingerprint density at radius 1 is 1.29 bits per heavy atom. The molecule has 0 bridgehead atoms. The second-order valence-electron chi connectivity index (χ2n) is 11.1. The van der Waals surface area contributed by atoms with E-state index in [1.165, 1.54) is 17.4 Å². The largest absolute Gasteiger partial charge is 0.481 e. The number of carbonyl (C=O) groups is 2. The number of aliphatic carboxylic acids is 1. The summed E-state index contributed by atoms with van der Waals surface area (Å²) >= 11 is 7.22. The van der Waals surface area contributed by atoms with E-state index in [2.05, 4.69) is 20.1 Å². The molecule has 12 heteroatoms. The molecule has 9 nitrogen and oxygen atoms in total. The number of aromatic nitrogens is 1. The third-order valence-electron chi connectivity index (χ3n) is 8.26. The van der Waals surface area contributed by atoms with Crippen molar-refractivity contribution in [1.82, 2.24) is 25.0 Å². The number of benzene rings is 1. The number of thiazole rings is 1. The van der Waals surface area contributed by atoms with Gasteiger partial charge >= 0.3 is 11.9 Å². The van der Waals surface area contributed by atoms with Crippen LogP contribution in [0.15, 0.2) is 47.1 Å². The van der Waals surface area contributed by atoms with E-state index in [-0.39, 0.29) is 12.4 Å². The maximum Gasteiger partial charge on any atom is 0.336 e. The van der Waals surface area contributed by atoms with Crippen LogP contribution in [-0.4, -0.2) is 94.8 Å². The minimum absolute atomic E-state index is 0.223. The van der Waals surface area contributed by atoms with Crippen molar-refractivity contribution in [2.75, 3.05) is 52.9 Å². The van der Waals surface area contributed by atoms with Crippen molar-refractivity contribution >= 4 is 46.3 Å². The Morgan fingerprint density at radius 3 is 2.64 bits per heavy atom. The Morgan fingerprint density at radius 2 is 2.02 bits per heavy atom. The standard InChI is InChI=1S/C30H36FN5O4S2/c1-4-40-27(37)25-21(20-6-5-7-22(31)19(20)2)16-23(26-32-10-15-42-26)33-24(25)17-35-11-13-36(14-12-35)29(41)34(3)18-30(8-9-30)28(38)39/h5-7,10,15-16,21,33H,4,8-9,11-14,17-18H2,1-3H3,(H,38,39)/t21-/m0/s1. The zero-order valence-electron chi connectivity index (χ0n) is 24.1. The summed E-state index contributed by atoms with van der Waals surface area (Å²) in [6.07, 6.45) is 5.03. The van der Waals surface area contributed by atoms with E-state index < -0.39 is 23.3 Å². The normalized spacial score (nSPS) is 20.0. The maximum absolute atomic E-state index is 14.7. The SMILES string of the molecule is CCOC(=O)C1=C(CN2CCN(C(=S)N(C)CC3(C(=O)O)CC3)CC2)NC(c2nccs2)=C[C@H]1c1cccc(F)c1C. The molecule has 0 spiro atoms. The van der Waals surface area contributed by atoms with E-state index >= 15 is 0 Å². The number of hydrogen-bond acceptors (Lipinski definition) is 8. The molecule has 2 N–H and O–H groups in total. The number of allylic oxidation sites excluding steroid dienone is 1. The lowest BCUT2D eigenvalue weighted by Gasteiger charge is -2.40. The number of thiocarbonyl (C=S) groups is 1. The number of dihydropyridines is 1. The van der Waals surface area contributed by atoms with E-state index in [4.69, 9.17) is 17.0 Å². The average molecular weight is 614 g/mol. The number of piperazine rings is 1. The van der Waals surface area contributed by atoms with Gasteiger partial charge in [-0.15, -0.1) is 11.3 Å². The first kappa shape index (κ1) is 30.1. The number of ether oxygens (including phenoxy) is 1. The van der Waals surface area contributed by atoms with Crippen molar-refractivity contribution in [2.45, 2.75) is 32.6 Å². The summed E-state index contributed by atoms with van der Waals surface area (Å²) in [6.45, 7) is 7.33. The molecule has 42 heavy (non-hydrogen) atoms. The van der Waals surface area contributed by atoms with Crippen LogP contribution in [0.4, 0.5) is 4.39 Å². The van der Waals surface area contributed by atoms with E-state index in [1.54, 1.807) is 26.1 Å². The van der Waals surface area contributed by atoms with Gasteiger partial charge in [-0.3, -0.25) is 9.69 Å². The highest BCUT2D eigenvalue weighted by atomic mass is 32.1. The second-order valence-corrected chi connectivity index (χ2v) is 12.3. The van der Waals surface area contributed by atoms with Crippen LogP contribution in [0, 0.1) is 18.2 Å². The Hall–Kier alpha value is -3.35. The topological polar surface area (TPSA) is 98.2 Å². The number of hydrogen-bond donors (Lipinski definition) is 2. The summed E-state index contributed by atoms with van der Waals surface area (Å²) in [5.74, 6) is -2.03. The molecule has 2 aliphatic heterocycles. The van der Waals surface area contributed by atoms with E-state index in [9.17, 15) is 19.1 Å². The number of esters is 1.